The van der Waals surface area contributed by atoms with Crippen molar-refractivity contribution < 1.29 is 14.2 Å². The first kappa shape index (κ1) is 14.5. The maximum atomic E-state index is 6.00. The van der Waals surface area contributed by atoms with Crippen molar-refractivity contribution in [1.82, 2.24) is 10.2 Å². The second-order valence-corrected chi connectivity index (χ2v) is 5.49. The third-order valence-electron chi connectivity index (χ3n) is 3.98. The van der Waals surface area contributed by atoms with Crippen LogP contribution in [0.4, 0.5) is 0 Å². The molecule has 5 nitrogen and oxygen atoms in total. The van der Waals surface area contributed by atoms with Crippen LogP contribution in [0.3, 0.4) is 0 Å². The molecule has 0 saturated carbocycles. The van der Waals surface area contributed by atoms with Crippen LogP contribution in [-0.2, 0) is 6.54 Å². The average Bonchev–Trinajstić information content (AvgIpc) is 3.15. The number of rotatable bonds is 7. The second-order valence-electron chi connectivity index (χ2n) is 5.49. The first-order valence-corrected chi connectivity index (χ1v) is 7.85. The van der Waals surface area contributed by atoms with Crippen molar-refractivity contribution in [3.63, 3.8) is 0 Å². The third-order valence-corrected chi connectivity index (χ3v) is 3.98. The summed E-state index contributed by atoms with van der Waals surface area (Å²) in [4.78, 5) is 2.46. The van der Waals surface area contributed by atoms with Gasteiger partial charge in [-0.05, 0) is 38.5 Å². The number of likely N-dealkylation sites (tertiary alicyclic amines) is 1. The van der Waals surface area contributed by atoms with Gasteiger partial charge in [0.05, 0.1) is 0 Å². The minimum Gasteiger partial charge on any atom is -0.492 e. The Hall–Kier alpha value is -1.46. The highest BCUT2D eigenvalue weighted by Crippen LogP contribution is 2.38. The zero-order chi connectivity index (χ0) is 14.5. The molecule has 5 heteroatoms. The molecule has 2 aliphatic rings. The van der Waals surface area contributed by atoms with Gasteiger partial charge in [-0.15, -0.1) is 0 Å². The molecule has 0 aliphatic carbocycles. The fourth-order valence-electron chi connectivity index (χ4n) is 2.79. The van der Waals surface area contributed by atoms with E-state index in [-0.39, 0.29) is 0 Å². The molecule has 0 radical (unpaired) electrons. The van der Waals surface area contributed by atoms with E-state index < -0.39 is 0 Å². The van der Waals surface area contributed by atoms with E-state index >= 15 is 0 Å². The standard InChI is InChI=1S/C16H24N2O3/c1-2-17-11-13-9-15-16(21-12-20-15)10-14(13)19-8-7-18-5-3-4-6-18/h9-10,17H,2-8,11-12H2,1H3. The highest BCUT2D eigenvalue weighted by Gasteiger charge is 2.18. The molecule has 1 aromatic rings. The lowest BCUT2D eigenvalue weighted by Crippen LogP contribution is -2.25. The predicted octanol–water partition coefficient (Wildman–Crippen LogP) is 2.00. The Bertz CT molecular complexity index is 473. The second kappa shape index (κ2) is 7.00. The summed E-state index contributed by atoms with van der Waals surface area (Å²) >= 11 is 0. The monoisotopic (exact) mass is 292 g/mol. The van der Waals surface area contributed by atoms with Crippen LogP contribution >= 0.6 is 0 Å². The predicted molar refractivity (Wildman–Crippen MR) is 81.1 cm³/mol. The summed E-state index contributed by atoms with van der Waals surface area (Å²) in [6, 6.07) is 3.98. The maximum absolute atomic E-state index is 6.00. The van der Waals surface area contributed by atoms with E-state index in [1.54, 1.807) is 0 Å². The Morgan fingerprint density at radius 2 is 1.95 bits per heavy atom. The summed E-state index contributed by atoms with van der Waals surface area (Å²) in [5, 5.41) is 3.34. The smallest absolute Gasteiger partial charge is 0.231 e. The molecule has 0 spiro atoms. The number of hydrogen-bond acceptors (Lipinski definition) is 5. The average molecular weight is 292 g/mol. The number of ether oxygens (including phenoxy) is 3. The Morgan fingerprint density at radius 3 is 2.71 bits per heavy atom. The summed E-state index contributed by atoms with van der Waals surface area (Å²) in [5.74, 6) is 2.50. The molecule has 0 aromatic heterocycles. The van der Waals surface area contributed by atoms with E-state index in [0.29, 0.717) is 6.79 Å². The van der Waals surface area contributed by atoms with Crippen molar-refractivity contribution in [3.05, 3.63) is 17.7 Å². The van der Waals surface area contributed by atoms with E-state index in [2.05, 4.69) is 17.1 Å². The van der Waals surface area contributed by atoms with E-state index in [9.17, 15) is 0 Å². The van der Waals surface area contributed by atoms with Gasteiger partial charge in [0.15, 0.2) is 11.5 Å². The Balaban J connectivity index is 1.63. The van der Waals surface area contributed by atoms with Gasteiger partial charge in [-0.1, -0.05) is 6.92 Å². The molecule has 1 saturated heterocycles. The molecule has 2 aliphatic heterocycles. The fraction of sp³-hybridized carbons (Fsp3) is 0.625. The number of benzene rings is 1. The summed E-state index contributed by atoms with van der Waals surface area (Å²) in [6.07, 6.45) is 2.63. The van der Waals surface area contributed by atoms with Crippen molar-refractivity contribution in [2.24, 2.45) is 0 Å². The Labute approximate surface area is 126 Å². The molecule has 0 bridgehead atoms. The van der Waals surface area contributed by atoms with Gasteiger partial charge in [0, 0.05) is 24.7 Å². The summed E-state index contributed by atoms with van der Waals surface area (Å²) < 4.78 is 16.9. The fourth-order valence-corrected chi connectivity index (χ4v) is 2.79. The lowest BCUT2D eigenvalue weighted by atomic mass is 10.1. The highest BCUT2D eigenvalue weighted by atomic mass is 16.7. The first-order chi connectivity index (χ1) is 10.4. The number of hydrogen-bond donors (Lipinski definition) is 1. The summed E-state index contributed by atoms with van der Waals surface area (Å²) in [6.45, 7) is 8.24. The molecule has 116 valence electrons. The summed E-state index contributed by atoms with van der Waals surface area (Å²) in [5.41, 5.74) is 1.13. The first-order valence-electron chi connectivity index (χ1n) is 7.85. The third kappa shape index (κ3) is 3.60. The van der Waals surface area contributed by atoms with Crippen molar-refractivity contribution in [2.45, 2.75) is 26.3 Å². The van der Waals surface area contributed by atoms with Gasteiger partial charge in [-0.2, -0.15) is 0 Å². The zero-order valence-electron chi connectivity index (χ0n) is 12.7. The van der Waals surface area contributed by atoms with Gasteiger partial charge in [-0.25, -0.2) is 0 Å². The van der Waals surface area contributed by atoms with Gasteiger partial charge in [-0.3, -0.25) is 4.90 Å². The summed E-state index contributed by atoms with van der Waals surface area (Å²) in [7, 11) is 0. The Kier molecular flexibility index (Phi) is 4.83. The van der Waals surface area contributed by atoms with Crippen LogP contribution in [0.25, 0.3) is 0 Å². The Morgan fingerprint density at radius 1 is 1.19 bits per heavy atom. The molecule has 1 fully saturated rings. The maximum Gasteiger partial charge on any atom is 0.231 e. The topological polar surface area (TPSA) is 43.0 Å². The van der Waals surface area contributed by atoms with Gasteiger partial charge in [0.2, 0.25) is 6.79 Å². The largest absolute Gasteiger partial charge is 0.492 e. The quantitative estimate of drug-likeness (QED) is 0.832. The van der Waals surface area contributed by atoms with Crippen molar-refractivity contribution >= 4 is 0 Å². The molecule has 0 atom stereocenters. The molecular weight excluding hydrogens is 268 g/mol. The lowest BCUT2D eigenvalue weighted by molar-refractivity contribution is 0.173. The van der Waals surface area contributed by atoms with Crippen LogP contribution in [0.2, 0.25) is 0 Å². The molecule has 0 unspecified atom stereocenters. The SMILES string of the molecule is CCNCc1cc2c(cc1OCCN1CCCC1)OCO2. The van der Waals surface area contributed by atoms with Crippen molar-refractivity contribution in [1.29, 1.82) is 0 Å². The van der Waals surface area contributed by atoms with Crippen molar-refractivity contribution in [2.75, 3.05) is 39.6 Å². The molecule has 1 N–H and O–H groups in total. The van der Waals surface area contributed by atoms with E-state index in [0.717, 1.165) is 49.1 Å². The molecule has 3 rings (SSSR count). The molecule has 1 aromatic carbocycles. The van der Waals surface area contributed by atoms with Crippen LogP contribution < -0.4 is 19.5 Å². The highest BCUT2D eigenvalue weighted by molar-refractivity contribution is 5.51. The van der Waals surface area contributed by atoms with Gasteiger partial charge in [0.25, 0.3) is 0 Å². The minimum atomic E-state index is 0.299. The van der Waals surface area contributed by atoms with Crippen LogP contribution in [0, 0.1) is 0 Å². The lowest BCUT2D eigenvalue weighted by Gasteiger charge is -2.17. The molecule has 21 heavy (non-hydrogen) atoms. The van der Waals surface area contributed by atoms with Crippen LogP contribution in [0.5, 0.6) is 17.2 Å². The molecular formula is C16H24N2O3. The van der Waals surface area contributed by atoms with Crippen LogP contribution in [0.1, 0.15) is 25.3 Å². The van der Waals surface area contributed by atoms with Crippen LogP contribution in [0.15, 0.2) is 12.1 Å². The number of fused-ring (bicyclic) bond motifs is 1. The van der Waals surface area contributed by atoms with Crippen LogP contribution in [-0.4, -0.2) is 44.5 Å². The van der Waals surface area contributed by atoms with Gasteiger partial charge in [0.1, 0.15) is 12.4 Å². The van der Waals surface area contributed by atoms with E-state index in [1.807, 2.05) is 12.1 Å². The number of nitrogens with one attached hydrogen (secondary N) is 1. The minimum absolute atomic E-state index is 0.299. The van der Waals surface area contributed by atoms with Crippen molar-refractivity contribution in [3.8, 4) is 17.2 Å². The van der Waals surface area contributed by atoms with Gasteiger partial charge < -0.3 is 19.5 Å². The molecule has 2 heterocycles. The molecule has 0 amide bonds. The number of nitrogens with zero attached hydrogens (tertiary/aromatic N) is 1. The zero-order valence-corrected chi connectivity index (χ0v) is 12.7. The van der Waals surface area contributed by atoms with E-state index in [1.165, 1.54) is 25.9 Å². The van der Waals surface area contributed by atoms with E-state index in [4.69, 9.17) is 14.2 Å². The normalized spacial score (nSPS) is 17.4. The van der Waals surface area contributed by atoms with Gasteiger partial charge >= 0.3 is 0 Å².